The topological polar surface area (TPSA) is 67.5 Å². The van der Waals surface area contributed by atoms with Gasteiger partial charge in [0, 0.05) is 12.6 Å². The van der Waals surface area contributed by atoms with Crippen molar-refractivity contribution in [3.05, 3.63) is 23.8 Å². The first-order chi connectivity index (χ1) is 7.67. The molecule has 0 aliphatic carbocycles. The number of rotatable bonds is 6. The molecular formula is C12H20N2O2. The third-order valence-electron chi connectivity index (χ3n) is 2.44. The Morgan fingerprint density at radius 3 is 2.81 bits per heavy atom. The molecule has 0 saturated carbocycles. The van der Waals surface area contributed by atoms with Crippen molar-refractivity contribution in [3.63, 3.8) is 0 Å². The molecule has 1 atom stereocenters. The summed E-state index contributed by atoms with van der Waals surface area (Å²) < 4.78 is 5.10. The molecule has 0 fully saturated rings. The third-order valence-corrected chi connectivity index (χ3v) is 2.44. The highest BCUT2D eigenvalue weighted by Gasteiger charge is 2.05. The number of methoxy groups -OCH3 is 1. The molecule has 0 spiro atoms. The van der Waals surface area contributed by atoms with Crippen LogP contribution in [0.1, 0.15) is 12.5 Å². The lowest BCUT2D eigenvalue weighted by Crippen LogP contribution is -2.30. The fraction of sp³-hybridized carbons (Fsp3) is 0.500. The second-order valence-corrected chi connectivity index (χ2v) is 3.86. The van der Waals surface area contributed by atoms with E-state index in [1.807, 2.05) is 18.2 Å². The Morgan fingerprint density at radius 2 is 2.25 bits per heavy atom. The highest BCUT2D eigenvalue weighted by atomic mass is 16.5. The summed E-state index contributed by atoms with van der Waals surface area (Å²) in [6.07, 6.45) is 0.883. The minimum atomic E-state index is 0.162. The van der Waals surface area contributed by atoms with E-state index in [1.165, 1.54) is 0 Å². The van der Waals surface area contributed by atoms with Crippen LogP contribution in [0.3, 0.4) is 0 Å². The van der Waals surface area contributed by atoms with Crippen LogP contribution in [0.15, 0.2) is 18.2 Å². The van der Waals surface area contributed by atoms with Crippen molar-refractivity contribution < 1.29 is 9.84 Å². The number of ether oxygens (including phenoxy) is 1. The van der Waals surface area contributed by atoms with Gasteiger partial charge in [-0.2, -0.15) is 0 Å². The summed E-state index contributed by atoms with van der Waals surface area (Å²) in [7, 11) is 1.61. The van der Waals surface area contributed by atoms with Crippen molar-refractivity contribution in [1.82, 2.24) is 5.32 Å². The molecule has 4 nitrogen and oxygen atoms in total. The van der Waals surface area contributed by atoms with Crippen molar-refractivity contribution in [1.29, 1.82) is 0 Å². The van der Waals surface area contributed by atoms with Crippen molar-refractivity contribution >= 4 is 5.69 Å². The number of aliphatic hydroxyl groups excluding tert-OH is 1. The summed E-state index contributed by atoms with van der Waals surface area (Å²) >= 11 is 0. The van der Waals surface area contributed by atoms with Gasteiger partial charge < -0.3 is 20.9 Å². The molecule has 4 N–H and O–H groups in total. The van der Waals surface area contributed by atoms with E-state index >= 15 is 0 Å². The van der Waals surface area contributed by atoms with Crippen molar-refractivity contribution in [2.45, 2.75) is 19.4 Å². The number of anilines is 1. The highest BCUT2D eigenvalue weighted by Crippen LogP contribution is 2.22. The van der Waals surface area contributed by atoms with E-state index in [1.54, 1.807) is 7.11 Å². The van der Waals surface area contributed by atoms with Gasteiger partial charge >= 0.3 is 0 Å². The molecule has 0 aromatic heterocycles. The minimum absolute atomic E-state index is 0.162. The summed E-state index contributed by atoms with van der Waals surface area (Å²) in [5, 5.41) is 11.9. The zero-order valence-electron chi connectivity index (χ0n) is 9.86. The third kappa shape index (κ3) is 3.72. The second kappa shape index (κ2) is 6.35. The van der Waals surface area contributed by atoms with Crippen LogP contribution in [0.25, 0.3) is 0 Å². The fourth-order valence-corrected chi connectivity index (χ4v) is 1.65. The Labute approximate surface area is 96.4 Å². The molecule has 0 amide bonds. The quantitative estimate of drug-likeness (QED) is 0.625. The fourth-order valence-electron chi connectivity index (χ4n) is 1.65. The van der Waals surface area contributed by atoms with Gasteiger partial charge in [0.15, 0.2) is 0 Å². The van der Waals surface area contributed by atoms with Crippen LogP contribution < -0.4 is 15.8 Å². The van der Waals surface area contributed by atoms with Gasteiger partial charge in [-0.15, -0.1) is 0 Å². The van der Waals surface area contributed by atoms with Gasteiger partial charge in [-0.3, -0.25) is 0 Å². The van der Waals surface area contributed by atoms with Gasteiger partial charge in [0.05, 0.1) is 19.4 Å². The van der Waals surface area contributed by atoms with E-state index in [0.29, 0.717) is 24.0 Å². The predicted octanol–water partition coefficient (Wildman–Crippen LogP) is 0.790. The monoisotopic (exact) mass is 224 g/mol. The molecule has 90 valence electrons. The number of nitrogens with one attached hydrogen (secondary N) is 1. The zero-order chi connectivity index (χ0) is 12.0. The summed E-state index contributed by atoms with van der Waals surface area (Å²) in [5.74, 6) is 0.708. The van der Waals surface area contributed by atoms with Crippen molar-refractivity contribution in [2.24, 2.45) is 0 Å². The molecule has 1 unspecified atom stereocenters. The van der Waals surface area contributed by atoms with E-state index < -0.39 is 0 Å². The van der Waals surface area contributed by atoms with Gasteiger partial charge in [0.1, 0.15) is 5.75 Å². The lowest BCUT2D eigenvalue weighted by Gasteiger charge is -2.14. The normalized spacial score (nSPS) is 12.4. The van der Waals surface area contributed by atoms with Crippen LogP contribution in [-0.2, 0) is 6.42 Å². The molecule has 1 rings (SSSR count). The Balaban J connectivity index is 2.57. The number of hydrogen-bond donors (Lipinski definition) is 3. The largest absolute Gasteiger partial charge is 0.495 e. The lowest BCUT2D eigenvalue weighted by atomic mass is 10.1. The second-order valence-electron chi connectivity index (χ2n) is 3.86. The van der Waals surface area contributed by atoms with E-state index in [0.717, 1.165) is 12.0 Å². The van der Waals surface area contributed by atoms with Crippen molar-refractivity contribution in [2.75, 3.05) is 26.0 Å². The average molecular weight is 224 g/mol. The summed E-state index contributed by atoms with van der Waals surface area (Å²) in [4.78, 5) is 0. The van der Waals surface area contributed by atoms with E-state index in [2.05, 4.69) is 12.2 Å². The first-order valence-electron chi connectivity index (χ1n) is 5.44. The van der Waals surface area contributed by atoms with Gasteiger partial charge in [-0.1, -0.05) is 6.07 Å². The smallest absolute Gasteiger partial charge is 0.141 e. The first kappa shape index (κ1) is 12.8. The van der Waals surface area contributed by atoms with Crippen LogP contribution in [0, 0.1) is 0 Å². The SMILES string of the molecule is COc1ccc(CC(C)NCCO)cc1N. The molecule has 0 saturated heterocycles. The zero-order valence-corrected chi connectivity index (χ0v) is 9.86. The van der Waals surface area contributed by atoms with Gasteiger partial charge in [-0.25, -0.2) is 0 Å². The van der Waals surface area contributed by atoms with E-state index in [9.17, 15) is 0 Å². The molecular weight excluding hydrogens is 204 g/mol. The number of benzene rings is 1. The standard InChI is InChI=1S/C12H20N2O2/c1-9(14-5-6-15)7-10-3-4-12(16-2)11(13)8-10/h3-4,8-9,14-15H,5-7,13H2,1-2H3. The van der Waals surface area contributed by atoms with Crippen LogP contribution in [0.4, 0.5) is 5.69 Å². The van der Waals surface area contributed by atoms with Crippen LogP contribution in [0.2, 0.25) is 0 Å². The molecule has 0 aliphatic rings. The van der Waals surface area contributed by atoms with Crippen LogP contribution in [-0.4, -0.2) is 31.4 Å². The summed E-state index contributed by atoms with van der Waals surface area (Å²) in [6, 6.07) is 6.13. The number of aliphatic hydroxyl groups is 1. The van der Waals surface area contributed by atoms with Crippen molar-refractivity contribution in [3.8, 4) is 5.75 Å². The molecule has 1 aromatic rings. The minimum Gasteiger partial charge on any atom is -0.495 e. The number of hydrogen-bond acceptors (Lipinski definition) is 4. The molecule has 0 heterocycles. The predicted molar refractivity (Wildman–Crippen MR) is 65.7 cm³/mol. The summed E-state index contributed by atoms with van der Waals surface area (Å²) in [5.41, 5.74) is 7.65. The highest BCUT2D eigenvalue weighted by molar-refractivity contribution is 5.54. The van der Waals surface area contributed by atoms with Gasteiger partial charge in [0.25, 0.3) is 0 Å². The van der Waals surface area contributed by atoms with Gasteiger partial charge in [0.2, 0.25) is 0 Å². The Kier molecular flexibility index (Phi) is 5.08. The van der Waals surface area contributed by atoms with Gasteiger partial charge in [-0.05, 0) is 31.0 Å². The maximum atomic E-state index is 8.69. The molecule has 1 aromatic carbocycles. The molecule has 0 aliphatic heterocycles. The maximum absolute atomic E-state index is 8.69. The maximum Gasteiger partial charge on any atom is 0.141 e. The Bertz CT molecular complexity index is 329. The molecule has 4 heteroatoms. The van der Waals surface area contributed by atoms with Crippen LogP contribution in [0.5, 0.6) is 5.75 Å². The van der Waals surface area contributed by atoms with E-state index in [4.69, 9.17) is 15.6 Å². The van der Waals surface area contributed by atoms with Crippen LogP contribution >= 0.6 is 0 Å². The number of nitrogens with two attached hydrogens (primary N) is 1. The number of nitrogen functional groups attached to an aromatic ring is 1. The van der Waals surface area contributed by atoms with E-state index in [-0.39, 0.29) is 6.61 Å². The molecule has 0 radical (unpaired) electrons. The average Bonchev–Trinajstić information content (AvgIpc) is 2.26. The lowest BCUT2D eigenvalue weighted by molar-refractivity contribution is 0.285. The summed E-state index contributed by atoms with van der Waals surface area (Å²) in [6.45, 7) is 2.86. The molecule has 16 heavy (non-hydrogen) atoms. The molecule has 0 bridgehead atoms. The Hall–Kier alpha value is -1.26. The first-order valence-corrected chi connectivity index (χ1v) is 5.44. The Morgan fingerprint density at radius 1 is 1.50 bits per heavy atom.